The van der Waals surface area contributed by atoms with Gasteiger partial charge in [0.05, 0.1) is 5.92 Å². The molecule has 0 unspecified atom stereocenters. The predicted molar refractivity (Wildman–Crippen MR) is 110 cm³/mol. The van der Waals surface area contributed by atoms with E-state index in [1.807, 2.05) is 6.07 Å². The van der Waals surface area contributed by atoms with E-state index in [0.29, 0.717) is 12.5 Å². The molecule has 3 nitrogen and oxygen atoms in total. The van der Waals surface area contributed by atoms with Gasteiger partial charge in [0.25, 0.3) is 0 Å². The van der Waals surface area contributed by atoms with E-state index in [0.717, 1.165) is 42.9 Å². The summed E-state index contributed by atoms with van der Waals surface area (Å²) >= 11 is 6.18. The van der Waals surface area contributed by atoms with E-state index < -0.39 is 5.97 Å². The number of benzene rings is 2. The molecule has 2 aromatic carbocycles. The largest absolute Gasteiger partial charge is 0.481 e. The standard InChI is InChI=1S/C23H28ClNO2/c1-3-19(20-7-8-22(24)16(2)11-20)13-17-5-4-6-18(12-17)14-25-10-9-21(15-25)23(26)27/h4-8,11-12,19,21H,3,9-10,13-15H2,1-2H3,(H,26,27)/t19-,21-/m0/s1. The van der Waals surface area contributed by atoms with Crippen molar-refractivity contribution in [3.63, 3.8) is 0 Å². The molecule has 1 heterocycles. The summed E-state index contributed by atoms with van der Waals surface area (Å²) in [5.74, 6) is -0.416. The summed E-state index contributed by atoms with van der Waals surface area (Å²) in [5, 5.41) is 10.00. The van der Waals surface area contributed by atoms with Crippen LogP contribution in [0.3, 0.4) is 0 Å². The van der Waals surface area contributed by atoms with Crippen LogP contribution < -0.4 is 0 Å². The Bertz CT molecular complexity index is 805. The molecule has 0 spiro atoms. The number of aliphatic carboxylic acids is 1. The summed E-state index contributed by atoms with van der Waals surface area (Å²) in [6, 6.07) is 15.1. The lowest BCUT2D eigenvalue weighted by Crippen LogP contribution is -2.22. The molecular weight excluding hydrogens is 358 g/mol. The summed E-state index contributed by atoms with van der Waals surface area (Å²) in [7, 11) is 0. The van der Waals surface area contributed by atoms with Crippen LogP contribution in [0, 0.1) is 12.8 Å². The van der Waals surface area contributed by atoms with Crippen molar-refractivity contribution < 1.29 is 9.90 Å². The molecule has 1 saturated heterocycles. The van der Waals surface area contributed by atoms with E-state index in [9.17, 15) is 9.90 Å². The summed E-state index contributed by atoms with van der Waals surface area (Å²) in [4.78, 5) is 13.4. The topological polar surface area (TPSA) is 40.5 Å². The lowest BCUT2D eigenvalue weighted by atomic mass is 9.88. The fraction of sp³-hybridized carbons (Fsp3) is 0.435. The number of halogens is 1. The summed E-state index contributed by atoms with van der Waals surface area (Å²) in [6.07, 6.45) is 2.84. The number of rotatable bonds is 7. The molecule has 1 fully saturated rings. The zero-order valence-corrected chi connectivity index (χ0v) is 16.9. The van der Waals surface area contributed by atoms with Crippen molar-refractivity contribution in [1.82, 2.24) is 4.90 Å². The normalized spacial score (nSPS) is 18.6. The van der Waals surface area contributed by atoms with Crippen molar-refractivity contribution in [1.29, 1.82) is 0 Å². The fourth-order valence-electron chi connectivity index (χ4n) is 4.00. The third kappa shape index (κ3) is 5.12. The number of carboxylic acid groups (broad SMARTS) is 1. The van der Waals surface area contributed by atoms with Crippen LogP contribution in [0.2, 0.25) is 5.02 Å². The monoisotopic (exact) mass is 385 g/mol. The van der Waals surface area contributed by atoms with Crippen LogP contribution in [0.15, 0.2) is 42.5 Å². The summed E-state index contributed by atoms with van der Waals surface area (Å²) in [6.45, 7) is 6.63. The smallest absolute Gasteiger partial charge is 0.307 e. The molecule has 0 radical (unpaired) electrons. The molecule has 2 atom stereocenters. The molecule has 0 aliphatic carbocycles. The summed E-state index contributed by atoms with van der Waals surface area (Å²) in [5.41, 5.74) is 5.07. The lowest BCUT2D eigenvalue weighted by molar-refractivity contribution is -0.141. The summed E-state index contributed by atoms with van der Waals surface area (Å²) < 4.78 is 0. The van der Waals surface area contributed by atoms with Gasteiger partial charge < -0.3 is 5.11 Å². The number of hydrogen-bond acceptors (Lipinski definition) is 2. The van der Waals surface area contributed by atoms with E-state index in [-0.39, 0.29) is 5.92 Å². The third-order valence-electron chi connectivity index (χ3n) is 5.65. The zero-order valence-electron chi connectivity index (χ0n) is 16.1. The van der Waals surface area contributed by atoms with Gasteiger partial charge in [-0.2, -0.15) is 0 Å². The number of carboxylic acids is 1. The van der Waals surface area contributed by atoms with Crippen molar-refractivity contribution in [3.8, 4) is 0 Å². The highest BCUT2D eigenvalue weighted by Crippen LogP contribution is 2.28. The van der Waals surface area contributed by atoms with Crippen molar-refractivity contribution >= 4 is 17.6 Å². The lowest BCUT2D eigenvalue weighted by Gasteiger charge is -2.19. The average Bonchev–Trinajstić information content (AvgIpc) is 3.11. The molecule has 0 amide bonds. The van der Waals surface area contributed by atoms with Crippen LogP contribution in [0.4, 0.5) is 0 Å². The second-order valence-corrected chi connectivity index (χ2v) is 8.10. The molecule has 0 saturated carbocycles. The molecule has 4 heteroatoms. The van der Waals surface area contributed by atoms with Crippen molar-refractivity contribution in [2.75, 3.05) is 13.1 Å². The van der Waals surface area contributed by atoms with Gasteiger partial charge in [0.2, 0.25) is 0 Å². The maximum absolute atomic E-state index is 11.2. The van der Waals surface area contributed by atoms with Gasteiger partial charge in [-0.05, 0) is 67.0 Å². The van der Waals surface area contributed by atoms with Gasteiger partial charge in [-0.1, -0.05) is 54.9 Å². The first-order chi connectivity index (χ1) is 13.0. The minimum absolute atomic E-state index is 0.217. The quantitative estimate of drug-likeness (QED) is 0.703. The average molecular weight is 386 g/mol. The third-order valence-corrected chi connectivity index (χ3v) is 6.07. The Kier molecular flexibility index (Phi) is 6.56. The van der Waals surface area contributed by atoms with Gasteiger partial charge in [-0.25, -0.2) is 0 Å². The minimum Gasteiger partial charge on any atom is -0.481 e. The molecule has 3 rings (SSSR count). The highest BCUT2D eigenvalue weighted by molar-refractivity contribution is 6.31. The molecule has 1 aliphatic rings. The first-order valence-corrected chi connectivity index (χ1v) is 10.1. The van der Waals surface area contributed by atoms with Gasteiger partial charge in [-0.3, -0.25) is 9.69 Å². The molecular formula is C23H28ClNO2. The molecule has 27 heavy (non-hydrogen) atoms. The van der Waals surface area contributed by atoms with Crippen LogP contribution in [0.25, 0.3) is 0 Å². The molecule has 0 bridgehead atoms. The first-order valence-electron chi connectivity index (χ1n) is 9.75. The van der Waals surface area contributed by atoms with Crippen LogP contribution in [0.5, 0.6) is 0 Å². The van der Waals surface area contributed by atoms with Crippen molar-refractivity contribution in [3.05, 3.63) is 69.7 Å². The Morgan fingerprint density at radius 3 is 2.70 bits per heavy atom. The number of carbonyl (C=O) groups is 1. The highest BCUT2D eigenvalue weighted by atomic mass is 35.5. The van der Waals surface area contributed by atoms with Crippen LogP contribution in [-0.4, -0.2) is 29.1 Å². The van der Waals surface area contributed by atoms with Gasteiger partial charge in [0, 0.05) is 18.1 Å². The molecule has 1 N–H and O–H groups in total. The zero-order chi connectivity index (χ0) is 19.4. The van der Waals surface area contributed by atoms with Crippen LogP contribution >= 0.6 is 11.6 Å². The Morgan fingerprint density at radius 1 is 1.26 bits per heavy atom. The van der Waals surface area contributed by atoms with Gasteiger partial charge in [-0.15, -0.1) is 0 Å². The first kappa shape index (κ1) is 19.9. The second kappa shape index (κ2) is 8.90. The molecule has 1 aliphatic heterocycles. The fourth-order valence-corrected chi connectivity index (χ4v) is 4.11. The van der Waals surface area contributed by atoms with Crippen molar-refractivity contribution in [2.24, 2.45) is 5.92 Å². The van der Waals surface area contributed by atoms with Crippen LogP contribution in [-0.2, 0) is 17.8 Å². The Balaban J connectivity index is 1.67. The highest BCUT2D eigenvalue weighted by Gasteiger charge is 2.27. The maximum atomic E-state index is 11.2. The van der Waals surface area contributed by atoms with Crippen molar-refractivity contribution in [2.45, 2.75) is 45.6 Å². The number of hydrogen-bond donors (Lipinski definition) is 1. The molecule has 0 aromatic heterocycles. The SMILES string of the molecule is CC[C@@H](Cc1cccc(CN2CC[C@H](C(=O)O)C2)c1)c1ccc(Cl)c(C)c1. The van der Waals surface area contributed by atoms with E-state index in [1.54, 1.807) is 0 Å². The minimum atomic E-state index is -0.671. The number of aryl methyl sites for hydroxylation is 1. The maximum Gasteiger partial charge on any atom is 0.307 e. The number of nitrogens with zero attached hydrogens (tertiary/aromatic N) is 1. The van der Waals surface area contributed by atoms with E-state index in [4.69, 9.17) is 11.6 Å². The predicted octanol–water partition coefficient (Wildman–Crippen LogP) is 5.29. The van der Waals surface area contributed by atoms with E-state index in [1.165, 1.54) is 16.7 Å². The Morgan fingerprint density at radius 2 is 2.04 bits per heavy atom. The molecule has 2 aromatic rings. The molecule has 144 valence electrons. The van der Waals surface area contributed by atoms with Gasteiger partial charge in [0.1, 0.15) is 0 Å². The van der Waals surface area contributed by atoms with Gasteiger partial charge in [0.15, 0.2) is 0 Å². The Labute approximate surface area is 167 Å². The second-order valence-electron chi connectivity index (χ2n) is 7.70. The van der Waals surface area contributed by atoms with E-state index >= 15 is 0 Å². The number of likely N-dealkylation sites (tertiary alicyclic amines) is 1. The Hall–Kier alpha value is -1.84. The van der Waals surface area contributed by atoms with Crippen LogP contribution in [0.1, 0.15) is 47.9 Å². The van der Waals surface area contributed by atoms with Gasteiger partial charge >= 0.3 is 5.97 Å². The van der Waals surface area contributed by atoms with E-state index in [2.05, 4.69) is 55.1 Å².